The standard InChI is InChI=1S/C17H21N3O3/c21-17(16-11-19-14-6-1-2-7-15(14)20-16)18-8-4-9-22-12-13-5-3-10-23-13/h1-2,6-7,11,13H,3-5,8-10,12H2,(H,18,21). The van der Waals surface area contributed by atoms with Gasteiger partial charge in [-0.05, 0) is 31.4 Å². The smallest absolute Gasteiger partial charge is 0.271 e. The Morgan fingerprint density at radius 2 is 2.22 bits per heavy atom. The summed E-state index contributed by atoms with van der Waals surface area (Å²) in [5.41, 5.74) is 1.84. The van der Waals surface area contributed by atoms with Gasteiger partial charge in [0.1, 0.15) is 5.69 Å². The average Bonchev–Trinajstić information content (AvgIpc) is 3.10. The highest BCUT2D eigenvalue weighted by atomic mass is 16.5. The number of carbonyl (C=O) groups is 1. The van der Waals surface area contributed by atoms with Crippen LogP contribution in [0.4, 0.5) is 0 Å². The number of hydrogen-bond donors (Lipinski definition) is 1. The van der Waals surface area contributed by atoms with E-state index in [0.717, 1.165) is 36.9 Å². The Morgan fingerprint density at radius 3 is 3.04 bits per heavy atom. The molecule has 0 radical (unpaired) electrons. The molecule has 2 heterocycles. The highest BCUT2D eigenvalue weighted by Gasteiger charge is 2.15. The molecule has 1 fully saturated rings. The number of nitrogens with zero attached hydrogens (tertiary/aromatic N) is 2. The molecule has 1 saturated heterocycles. The summed E-state index contributed by atoms with van der Waals surface area (Å²) in [6.07, 6.45) is 4.72. The molecular formula is C17H21N3O3. The maximum absolute atomic E-state index is 12.1. The van der Waals surface area contributed by atoms with Gasteiger partial charge in [0.05, 0.1) is 29.9 Å². The lowest BCUT2D eigenvalue weighted by Crippen LogP contribution is -2.26. The molecule has 1 atom stereocenters. The Hall–Kier alpha value is -2.05. The minimum atomic E-state index is -0.206. The quantitative estimate of drug-likeness (QED) is 0.791. The first-order chi connectivity index (χ1) is 11.3. The molecular weight excluding hydrogens is 294 g/mol. The highest BCUT2D eigenvalue weighted by molar-refractivity contribution is 5.93. The van der Waals surface area contributed by atoms with Crippen LogP contribution in [0.15, 0.2) is 30.5 Å². The summed E-state index contributed by atoms with van der Waals surface area (Å²) in [5, 5.41) is 2.84. The monoisotopic (exact) mass is 315 g/mol. The van der Waals surface area contributed by atoms with Crippen LogP contribution in [-0.2, 0) is 9.47 Å². The lowest BCUT2D eigenvalue weighted by atomic mass is 10.2. The summed E-state index contributed by atoms with van der Waals surface area (Å²) >= 11 is 0. The SMILES string of the molecule is O=C(NCCCOCC1CCCO1)c1cnc2ccccc2n1. The van der Waals surface area contributed by atoms with E-state index in [4.69, 9.17) is 9.47 Å². The summed E-state index contributed by atoms with van der Waals surface area (Å²) in [6, 6.07) is 7.49. The third-order valence-electron chi connectivity index (χ3n) is 3.76. The second kappa shape index (κ2) is 7.99. The van der Waals surface area contributed by atoms with Crippen molar-refractivity contribution in [1.29, 1.82) is 0 Å². The third-order valence-corrected chi connectivity index (χ3v) is 3.76. The van der Waals surface area contributed by atoms with Crippen molar-refractivity contribution in [2.24, 2.45) is 0 Å². The molecule has 1 aromatic carbocycles. The minimum absolute atomic E-state index is 0.206. The molecule has 1 unspecified atom stereocenters. The van der Waals surface area contributed by atoms with Gasteiger partial charge in [-0.1, -0.05) is 12.1 Å². The first kappa shape index (κ1) is 15.8. The number of nitrogens with one attached hydrogen (secondary N) is 1. The summed E-state index contributed by atoms with van der Waals surface area (Å²) < 4.78 is 11.0. The average molecular weight is 315 g/mol. The van der Waals surface area contributed by atoms with Gasteiger partial charge in [-0.2, -0.15) is 0 Å². The van der Waals surface area contributed by atoms with Gasteiger partial charge in [0.2, 0.25) is 0 Å². The van der Waals surface area contributed by atoms with E-state index in [9.17, 15) is 4.79 Å². The first-order valence-corrected chi connectivity index (χ1v) is 8.02. The predicted octanol–water partition coefficient (Wildman–Crippen LogP) is 1.95. The molecule has 1 aliphatic heterocycles. The number of fused-ring (bicyclic) bond motifs is 1. The Bertz CT molecular complexity index is 656. The molecule has 1 N–H and O–H groups in total. The molecule has 1 aliphatic rings. The van der Waals surface area contributed by atoms with Crippen LogP contribution in [0.1, 0.15) is 29.8 Å². The van der Waals surface area contributed by atoms with E-state index in [1.54, 1.807) is 0 Å². The van der Waals surface area contributed by atoms with Gasteiger partial charge in [0, 0.05) is 19.8 Å². The third kappa shape index (κ3) is 4.46. The van der Waals surface area contributed by atoms with Crippen LogP contribution in [-0.4, -0.2) is 48.3 Å². The van der Waals surface area contributed by atoms with Gasteiger partial charge < -0.3 is 14.8 Å². The summed E-state index contributed by atoms with van der Waals surface area (Å²) in [7, 11) is 0. The number of hydrogen-bond acceptors (Lipinski definition) is 5. The van der Waals surface area contributed by atoms with Crippen LogP contribution in [0.3, 0.4) is 0 Å². The van der Waals surface area contributed by atoms with Crippen molar-refractivity contribution in [2.45, 2.75) is 25.4 Å². The largest absolute Gasteiger partial charge is 0.379 e. The zero-order chi connectivity index (χ0) is 15.9. The Labute approximate surface area is 135 Å². The van der Waals surface area contributed by atoms with Crippen molar-refractivity contribution in [1.82, 2.24) is 15.3 Å². The predicted molar refractivity (Wildman–Crippen MR) is 86.3 cm³/mol. The normalized spacial score (nSPS) is 17.5. The van der Waals surface area contributed by atoms with Crippen molar-refractivity contribution < 1.29 is 14.3 Å². The Kier molecular flexibility index (Phi) is 5.50. The lowest BCUT2D eigenvalue weighted by molar-refractivity contribution is 0.0166. The molecule has 0 bridgehead atoms. The van der Waals surface area contributed by atoms with Crippen LogP contribution in [0, 0.1) is 0 Å². The Morgan fingerprint density at radius 1 is 1.35 bits per heavy atom. The number of benzene rings is 1. The van der Waals surface area contributed by atoms with E-state index in [1.165, 1.54) is 6.20 Å². The van der Waals surface area contributed by atoms with Crippen molar-refractivity contribution >= 4 is 16.9 Å². The topological polar surface area (TPSA) is 73.3 Å². The second-order valence-electron chi connectivity index (χ2n) is 5.56. The summed E-state index contributed by atoms with van der Waals surface area (Å²) in [4.78, 5) is 20.6. The number of ether oxygens (including phenoxy) is 2. The molecule has 2 aromatic rings. The molecule has 0 saturated carbocycles. The fourth-order valence-corrected chi connectivity index (χ4v) is 2.52. The fraction of sp³-hybridized carbons (Fsp3) is 0.471. The number of aromatic nitrogens is 2. The summed E-state index contributed by atoms with van der Waals surface area (Å²) in [6.45, 7) is 2.66. The van der Waals surface area contributed by atoms with Crippen LogP contribution in [0.5, 0.6) is 0 Å². The van der Waals surface area contributed by atoms with Crippen LogP contribution in [0.25, 0.3) is 11.0 Å². The van der Waals surface area contributed by atoms with Crippen LogP contribution < -0.4 is 5.32 Å². The van der Waals surface area contributed by atoms with E-state index in [2.05, 4.69) is 15.3 Å². The molecule has 23 heavy (non-hydrogen) atoms. The van der Waals surface area contributed by atoms with Crippen molar-refractivity contribution in [3.05, 3.63) is 36.2 Å². The van der Waals surface area contributed by atoms with Gasteiger partial charge in [-0.25, -0.2) is 4.98 Å². The number of amides is 1. The van der Waals surface area contributed by atoms with E-state index in [-0.39, 0.29) is 12.0 Å². The van der Waals surface area contributed by atoms with Crippen molar-refractivity contribution in [3.8, 4) is 0 Å². The zero-order valence-electron chi connectivity index (χ0n) is 13.0. The molecule has 1 amide bonds. The van der Waals surface area contributed by atoms with Gasteiger partial charge in [-0.15, -0.1) is 0 Å². The summed E-state index contributed by atoms with van der Waals surface area (Å²) in [5.74, 6) is -0.206. The number of rotatable bonds is 7. The highest BCUT2D eigenvalue weighted by Crippen LogP contribution is 2.12. The Balaban J connectivity index is 1.38. The maximum Gasteiger partial charge on any atom is 0.271 e. The molecule has 0 spiro atoms. The van der Waals surface area contributed by atoms with E-state index in [1.807, 2.05) is 24.3 Å². The molecule has 6 nitrogen and oxygen atoms in total. The van der Waals surface area contributed by atoms with Gasteiger partial charge in [0.25, 0.3) is 5.91 Å². The fourth-order valence-electron chi connectivity index (χ4n) is 2.52. The van der Waals surface area contributed by atoms with Crippen molar-refractivity contribution in [2.75, 3.05) is 26.4 Å². The lowest BCUT2D eigenvalue weighted by Gasteiger charge is -2.10. The zero-order valence-corrected chi connectivity index (χ0v) is 13.0. The van der Waals surface area contributed by atoms with Gasteiger partial charge in [0.15, 0.2) is 0 Å². The van der Waals surface area contributed by atoms with Crippen molar-refractivity contribution in [3.63, 3.8) is 0 Å². The maximum atomic E-state index is 12.1. The second-order valence-corrected chi connectivity index (χ2v) is 5.56. The molecule has 6 heteroatoms. The van der Waals surface area contributed by atoms with Crippen LogP contribution in [0.2, 0.25) is 0 Å². The molecule has 122 valence electrons. The molecule has 0 aliphatic carbocycles. The molecule has 3 rings (SSSR count). The van der Waals surface area contributed by atoms with E-state index < -0.39 is 0 Å². The first-order valence-electron chi connectivity index (χ1n) is 8.02. The van der Waals surface area contributed by atoms with E-state index in [0.29, 0.717) is 25.5 Å². The minimum Gasteiger partial charge on any atom is -0.379 e. The van der Waals surface area contributed by atoms with Gasteiger partial charge in [-0.3, -0.25) is 9.78 Å². The number of para-hydroxylation sites is 2. The van der Waals surface area contributed by atoms with Gasteiger partial charge >= 0.3 is 0 Å². The van der Waals surface area contributed by atoms with Crippen LogP contribution >= 0.6 is 0 Å². The number of carbonyl (C=O) groups excluding carboxylic acids is 1. The van der Waals surface area contributed by atoms with E-state index >= 15 is 0 Å². The molecule has 1 aromatic heterocycles.